The van der Waals surface area contributed by atoms with Crippen molar-refractivity contribution in [2.75, 3.05) is 5.32 Å². The fraction of sp³-hybridized carbons (Fsp3) is 0.417. The van der Waals surface area contributed by atoms with Crippen molar-refractivity contribution in [3.05, 3.63) is 29.8 Å². The molecule has 0 bridgehead atoms. The first kappa shape index (κ1) is 10.6. The molecule has 0 aliphatic carbocycles. The Bertz CT molecular complexity index is 308. The first-order valence-corrected chi connectivity index (χ1v) is 5.03. The Kier molecular flexibility index (Phi) is 4.00. The van der Waals surface area contributed by atoms with Gasteiger partial charge in [0, 0.05) is 11.7 Å². The minimum absolute atomic E-state index is 0.493. The van der Waals surface area contributed by atoms with Gasteiger partial charge >= 0.3 is 0 Å². The maximum atomic E-state index is 8.62. The van der Waals surface area contributed by atoms with Gasteiger partial charge < -0.3 is 5.32 Å². The third-order valence-electron chi connectivity index (χ3n) is 2.15. The zero-order valence-electron chi connectivity index (χ0n) is 8.75. The summed E-state index contributed by atoms with van der Waals surface area (Å²) in [5.74, 6) is 0. The van der Waals surface area contributed by atoms with Gasteiger partial charge in [-0.15, -0.1) is 0 Å². The molecule has 1 unspecified atom stereocenters. The van der Waals surface area contributed by atoms with E-state index in [1.165, 1.54) is 12.8 Å². The molecule has 74 valence electrons. The van der Waals surface area contributed by atoms with Crippen molar-refractivity contribution in [3.8, 4) is 6.07 Å². The minimum atomic E-state index is 0.493. The van der Waals surface area contributed by atoms with Gasteiger partial charge in [-0.2, -0.15) is 5.26 Å². The maximum absolute atomic E-state index is 8.62. The van der Waals surface area contributed by atoms with Gasteiger partial charge in [-0.25, -0.2) is 0 Å². The summed E-state index contributed by atoms with van der Waals surface area (Å²) in [7, 11) is 0. The highest BCUT2D eigenvalue weighted by molar-refractivity contribution is 5.47. The van der Waals surface area contributed by atoms with Gasteiger partial charge in [-0.05, 0) is 37.6 Å². The number of nitrogens with zero attached hydrogens (tertiary/aromatic N) is 1. The van der Waals surface area contributed by atoms with Crippen LogP contribution in [0.4, 0.5) is 5.69 Å². The van der Waals surface area contributed by atoms with Crippen LogP contribution in [-0.2, 0) is 0 Å². The Balaban J connectivity index is 2.56. The van der Waals surface area contributed by atoms with Gasteiger partial charge in [-0.1, -0.05) is 13.3 Å². The summed E-state index contributed by atoms with van der Waals surface area (Å²) in [5.41, 5.74) is 1.80. The van der Waals surface area contributed by atoms with Crippen LogP contribution in [0.5, 0.6) is 0 Å². The van der Waals surface area contributed by atoms with Gasteiger partial charge in [0.25, 0.3) is 0 Å². The van der Waals surface area contributed by atoms with Crippen LogP contribution >= 0.6 is 0 Å². The zero-order valence-corrected chi connectivity index (χ0v) is 8.75. The molecule has 0 heterocycles. The third kappa shape index (κ3) is 3.10. The molecule has 2 nitrogen and oxygen atoms in total. The Labute approximate surface area is 85.6 Å². The molecule has 0 aromatic heterocycles. The van der Waals surface area contributed by atoms with Crippen LogP contribution in [0.15, 0.2) is 24.3 Å². The van der Waals surface area contributed by atoms with Gasteiger partial charge in [0.1, 0.15) is 0 Å². The summed E-state index contributed by atoms with van der Waals surface area (Å²) in [6, 6.07) is 10.2. The Hall–Kier alpha value is -1.49. The lowest BCUT2D eigenvalue weighted by molar-refractivity contribution is 0.690. The molecule has 0 saturated carbocycles. The number of benzene rings is 1. The quantitative estimate of drug-likeness (QED) is 0.787. The van der Waals surface area contributed by atoms with Crippen LogP contribution < -0.4 is 5.32 Å². The lowest BCUT2D eigenvalue weighted by Crippen LogP contribution is -2.14. The summed E-state index contributed by atoms with van der Waals surface area (Å²) >= 11 is 0. The number of hydrogen-bond donors (Lipinski definition) is 1. The highest BCUT2D eigenvalue weighted by Crippen LogP contribution is 2.11. The van der Waals surface area contributed by atoms with E-state index >= 15 is 0 Å². The topological polar surface area (TPSA) is 35.8 Å². The second kappa shape index (κ2) is 5.29. The second-order valence-corrected chi connectivity index (χ2v) is 3.52. The molecule has 0 amide bonds. The van der Waals surface area contributed by atoms with Crippen molar-refractivity contribution >= 4 is 5.69 Å². The van der Waals surface area contributed by atoms with Gasteiger partial charge in [0.05, 0.1) is 11.6 Å². The predicted molar refractivity (Wildman–Crippen MR) is 59.1 cm³/mol. The minimum Gasteiger partial charge on any atom is -0.383 e. The summed E-state index contributed by atoms with van der Waals surface area (Å²) in [6.45, 7) is 4.35. The molecule has 1 rings (SSSR count). The molecule has 0 radical (unpaired) electrons. The fourth-order valence-electron chi connectivity index (χ4n) is 1.43. The van der Waals surface area contributed by atoms with E-state index in [0.717, 1.165) is 5.69 Å². The average Bonchev–Trinajstić information content (AvgIpc) is 2.19. The van der Waals surface area contributed by atoms with Crippen molar-refractivity contribution in [1.82, 2.24) is 0 Å². The van der Waals surface area contributed by atoms with Crippen LogP contribution in [-0.4, -0.2) is 6.04 Å². The summed E-state index contributed by atoms with van der Waals surface area (Å²) in [5, 5.41) is 12.0. The SMILES string of the molecule is CCCC(C)Nc1ccc(C#N)cc1. The van der Waals surface area contributed by atoms with Crippen LogP contribution in [0.2, 0.25) is 0 Å². The number of anilines is 1. The molecule has 1 aromatic rings. The Morgan fingerprint density at radius 3 is 2.50 bits per heavy atom. The molecule has 1 N–H and O–H groups in total. The van der Waals surface area contributed by atoms with Gasteiger partial charge in [0.15, 0.2) is 0 Å². The maximum Gasteiger partial charge on any atom is 0.0991 e. The molecular weight excluding hydrogens is 172 g/mol. The molecule has 0 fully saturated rings. The van der Waals surface area contributed by atoms with E-state index in [4.69, 9.17) is 5.26 Å². The number of hydrogen-bond acceptors (Lipinski definition) is 2. The highest BCUT2D eigenvalue weighted by atomic mass is 14.9. The van der Waals surface area contributed by atoms with E-state index in [1.807, 2.05) is 24.3 Å². The second-order valence-electron chi connectivity index (χ2n) is 3.52. The van der Waals surface area contributed by atoms with Crippen molar-refractivity contribution in [1.29, 1.82) is 5.26 Å². The van der Waals surface area contributed by atoms with Crippen LogP contribution in [0.3, 0.4) is 0 Å². The summed E-state index contributed by atoms with van der Waals surface area (Å²) in [4.78, 5) is 0. The third-order valence-corrected chi connectivity index (χ3v) is 2.15. The molecule has 1 aromatic carbocycles. The highest BCUT2D eigenvalue weighted by Gasteiger charge is 1.99. The summed E-state index contributed by atoms with van der Waals surface area (Å²) in [6.07, 6.45) is 2.35. The molecule has 14 heavy (non-hydrogen) atoms. The summed E-state index contributed by atoms with van der Waals surface area (Å²) < 4.78 is 0. The number of nitrogens with one attached hydrogen (secondary N) is 1. The molecule has 0 spiro atoms. The Morgan fingerprint density at radius 1 is 1.36 bits per heavy atom. The Morgan fingerprint density at radius 2 is 2.00 bits per heavy atom. The molecule has 0 saturated heterocycles. The van der Waals surface area contributed by atoms with Gasteiger partial charge in [-0.3, -0.25) is 0 Å². The predicted octanol–water partition coefficient (Wildman–Crippen LogP) is 3.16. The van der Waals surface area contributed by atoms with Crippen LogP contribution in [0.25, 0.3) is 0 Å². The molecule has 2 heteroatoms. The molecule has 1 atom stereocenters. The van der Waals surface area contributed by atoms with Crippen molar-refractivity contribution in [3.63, 3.8) is 0 Å². The lowest BCUT2D eigenvalue weighted by Gasteiger charge is -2.13. The molecule has 0 aliphatic rings. The van der Waals surface area contributed by atoms with Crippen molar-refractivity contribution < 1.29 is 0 Å². The lowest BCUT2D eigenvalue weighted by atomic mass is 10.1. The zero-order chi connectivity index (χ0) is 10.4. The van der Waals surface area contributed by atoms with E-state index in [2.05, 4.69) is 25.2 Å². The number of nitriles is 1. The van der Waals surface area contributed by atoms with E-state index < -0.39 is 0 Å². The first-order valence-electron chi connectivity index (χ1n) is 5.03. The van der Waals surface area contributed by atoms with Crippen molar-refractivity contribution in [2.45, 2.75) is 32.7 Å². The van der Waals surface area contributed by atoms with Gasteiger partial charge in [0.2, 0.25) is 0 Å². The molecular formula is C12H16N2. The van der Waals surface area contributed by atoms with Crippen molar-refractivity contribution in [2.24, 2.45) is 0 Å². The van der Waals surface area contributed by atoms with E-state index in [1.54, 1.807) is 0 Å². The standard InChI is InChI=1S/C12H16N2/c1-3-4-10(2)14-12-7-5-11(9-13)6-8-12/h5-8,10,14H,3-4H2,1-2H3. The van der Waals surface area contributed by atoms with E-state index in [0.29, 0.717) is 11.6 Å². The normalized spacial score (nSPS) is 11.8. The average molecular weight is 188 g/mol. The largest absolute Gasteiger partial charge is 0.383 e. The van der Waals surface area contributed by atoms with E-state index in [9.17, 15) is 0 Å². The fourth-order valence-corrected chi connectivity index (χ4v) is 1.43. The van der Waals surface area contributed by atoms with Crippen LogP contribution in [0, 0.1) is 11.3 Å². The van der Waals surface area contributed by atoms with Crippen LogP contribution in [0.1, 0.15) is 32.3 Å². The monoisotopic (exact) mass is 188 g/mol. The molecule has 0 aliphatic heterocycles. The number of rotatable bonds is 4. The van der Waals surface area contributed by atoms with E-state index in [-0.39, 0.29) is 0 Å². The first-order chi connectivity index (χ1) is 6.76. The smallest absolute Gasteiger partial charge is 0.0991 e.